The van der Waals surface area contributed by atoms with Gasteiger partial charge in [0.25, 0.3) is 5.91 Å². The number of nitrogens with one attached hydrogen (secondary N) is 2. The van der Waals surface area contributed by atoms with Gasteiger partial charge in [0.1, 0.15) is 17.8 Å². The van der Waals surface area contributed by atoms with Crippen molar-refractivity contribution in [3.05, 3.63) is 83.8 Å². The van der Waals surface area contributed by atoms with E-state index in [0.717, 1.165) is 11.3 Å². The number of rotatable bonds is 5. The second-order valence-electron chi connectivity index (χ2n) is 5.45. The van der Waals surface area contributed by atoms with Crippen LogP contribution in [0.4, 0.5) is 11.5 Å². The van der Waals surface area contributed by atoms with E-state index in [1.807, 2.05) is 42.5 Å². The zero-order chi connectivity index (χ0) is 16.8. The van der Waals surface area contributed by atoms with Crippen LogP contribution in [0, 0.1) is 6.92 Å². The van der Waals surface area contributed by atoms with E-state index in [9.17, 15) is 4.79 Å². The number of nitrogens with zero attached hydrogens (tertiary/aromatic N) is 2. The van der Waals surface area contributed by atoms with Crippen molar-refractivity contribution in [2.45, 2.75) is 13.5 Å². The molecule has 0 aliphatic carbocycles. The van der Waals surface area contributed by atoms with Crippen LogP contribution >= 0.6 is 0 Å². The molecular formula is C19H18N4O. The van der Waals surface area contributed by atoms with E-state index < -0.39 is 0 Å². The average Bonchev–Trinajstić information content (AvgIpc) is 2.61. The molecule has 2 aromatic carbocycles. The molecule has 0 aliphatic rings. The predicted molar refractivity (Wildman–Crippen MR) is 94.9 cm³/mol. The molecule has 0 fully saturated rings. The third-order valence-electron chi connectivity index (χ3n) is 3.49. The van der Waals surface area contributed by atoms with Crippen molar-refractivity contribution < 1.29 is 4.79 Å². The van der Waals surface area contributed by atoms with Gasteiger partial charge in [-0.3, -0.25) is 4.79 Å². The molecule has 120 valence electrons. The Bertz CT molecular complexity index is 834. The molecule has 2 N–H and O–H groups in total. The Hall–Kier alpha value is -3.21. The van der Waals surface area contributed by atoms with Crippen molar-refractivity contribution in [3.63, 3.8) is 0 Å². The highest BCUT2D eigenvalue weighted by atomic mass is 16.1. The smallest absolute Gasteiger partial charge is 0.274 e. The summed E-state index contributed by atoms with van der Waals surface area (Å²) in [5, 5.41) is 6.03. The minimum absolute atomic E-state index is 0.262. The third kappa shape index (κ3) is 4.16. The monoisotopic (exact) mass is 318 g/mol. The number of carbonyl (C=O) groups is 1. The van der Waals surface area contributed by atoms with E-state index in [-0.39, 0.29) is 5.91 Å². The van der Waals surface area contributed by atoms with Crippen LogP contribution in [0.1, 0.15) is 21.6 Å². The van der Waals surface area contributed by atoms with Gasteiger partial charge in [0.05, 0.1) is 0 Å². The second-order valence-corrected chi connectivity index (χ2v) is 5.45. The van der Waals surface area contributed by atoms with Crippen LogP contribution in [0.2, 0.25) is 0 Å². The van der Waals surface area contributed by atoms with Crippen LogP contribution in [0.3, 0.4) is 0 Å². The zero-order valence-electron chi connectivity index (χ0n) is 13.4. The molecular weight excluding hydrogens is 300 g/mol. The third-order valence-corrected chi connectivity index (χ3v) is 3.49. The van der Waals surface area contributed by atoms with Gasteiger partial charge in [0, 0.05) is 18.3 Å². The summed E-state index contributed by atoms with van der Waals surface area (Å²) in [5.41, 5.74) is 3.42. The molecule has 24 heavy (non-hydrogen) atoms. The first-order valence-corrected chi connectivity index (χ1v) is 7.68. The van der Waals surface area contributed by atoms with E-state index >= 15 is 0 Å². The Balaban J connectivity index is 1.66. The summed E-state index contributed by atoms with van der Waals surface area (Å²) in [6, 6.07) is 19.2. The van der Waals surface area contributed by atoms with Crippen LogP contribution in [0.5, 0.6) is 0 Å². The number of aromatic nitrogens is 2. The molecule has 5 heteroatoms. The van der Waals surface area contributed by atoms with E-state index in [4.69, 9.17) is 0 Å². The van der Waals surface area contributed by atoms with Gasteiger partial charge in [-0.15, -0.1) is 0 Å². The lowest BCUT2D eigenvalue weighted by atomic mass is 10.1. The minimum atomic E-state index is -0.262. The molecule has 0 aliphatic heterocycles. The lowest BCUT2D eigenvalue weighted by molar-refractivity contribution is 0.102. The van der Waals surface area contributed by atoms with Crippen LogP contribution in [0.25, 0.3) is 0 Å². The summed E-state index contributed by atoms with van der Waals surface area (Å²) >= 11 is 0. The first-order valence-electron chi connectivity index (χ1n) is 7.68. The number of anilines is 2. The Labute approximate surface area is 140 Å². The van der Waals surface area contributed by atoms with Crippen molar-refractivity contribution >= 4 is 17.4 Å². The molecule has 3 rings (SSSR count). The van der Waals surface area contributed by atoms with Crippen molar-refractivity contribution in [1.82, 2.24) is 9.97 Å². The largest absolute Gasteiger partial charge is 0.366 e. The molecule has 0 bridgehead atoms. The van der Waals surface area contributed by atoms with Gasteiger partial charge in [0.15, 0.2) is 0 Å². The summed E-state index contributed by atoms with van der Waals surface area (Å²) in [5.74, 6) is 0.354. The van der Waals surface area contributed by atoms with E-state index in [2.05, 4.69) is 39.7 Å². The maximum Gasteiger partial charge on any atom is 0.274 e. The number of benzene rings is 2. The molecule has 1 heterocycles. The normalized spacial score (nSPS) is 10.2. The van der Waals surface area contributed by atoms with E-state index in [1.54, 1.807) is 6.07 Å². The fraction of sp³-hybridized carbons (Fsp3) is 0.105. The second kappa shape index (κ2) is 7.37. The first kappa shape index (κ1) is 15.7. The average molecular weight is 318 g/mol. The lowest BCUT2D eigenvalue weighted by Crippen LogP contribution is -2.14. The van der Waals surface area contributed by atoms with Crippen molar-refractivity contribution in [1.29, 1.82) is 0 Å². The van der Waals surface area contributed by atoms with Crippen LogP contribution in [-0.2, 0) is 6.54 Å². The van der Waals surface area contributed by atoms with Gasteiger partial charge in [-0.1, -0.05) is 48.0 Å². The topological polar surface area (TPSA) is 66.9 Å². The van der Waals surface area contributed by atoms with Gasteiger partial charge < -0.3 is 10.6 Å². The Morgan fingerprint density at radius 1 is 1.00 bits per heavy atom. The highest BCUT2D eigenvalue weighted by Gasteiger charge is 2.09. The molecule has 1 aromatic heterocycles. The molecule has 3 aromatic rings. The van der Waals surface area contributed by atoms with Gasteiger partial charge in [-0.25, -0.2) is 9.97 Å². The number of hydrogen-bond donors (Lipinski definition) is 2. The first-order chi connectivity index (χ1) is 11.7. The maximum absolute atomic E-state index is 12.3. The molecule has 1 amide bonds. The van der Waals surface area contributed by atoms with E-state index in [0.29, 0.717) is 18.1 Å². The molecule has 0 radical (unpaired) electrons. The number of aryl methyl sites for hydroxylation is 1. The van der Waals surface area contributed by atoms with Crippen molar-refractivity contribution in [3.8, 4) is 0 Å². The maximum atomic E-state index is 12.3. The number of para-hydroxylation sites is 1. The number of carbonyl (C=O) groups excluding carboxylic acids is 1. The SMILES string of the molecule is Cc1cccc(CNc2cc(C(=O)Nc3ccccc3)ncn2)c1. The lowest BCUT2D eigenvalue weighted by Gasteiger charge is -2.08. The number of hydrogen-bond acceptors (Lipinski definition) is 4. The fourth-order valence-corrected chi connectivity index (χ4v) is 2.31. The van der Waals surface area contributed by atoms with Gasteiger partial charge in [-0.2, -0.15) is 0 Å². The predicted octanol–water partition coefficient (Wildman–Crippen LogP) is 3.65. The van der Waals surface area contributed by atoms with Gasteiger partial charge in [0.2, 0.25) is 0 Å². The summed E-state index contributed by atoms with van der Waals surface area (Å²) in [6.07, 6.45) is 1.39. The summed E-state index contributed by atoms with van der Waals surface area (Å²) in [6.45, 7) is 2.69. The van der Waals surface area contributed by atoms with Gasteiger partial charge >= 0.3 is 0 Å². The standard InChI is InChI=1S/C19H18N4O/c1-14-6-5-7-15(10-14)12-20-18-11-17(21-13-22-18)19(24)23-16-8-3-2-4-9-16/h2-11,13H,12H2,1H3,(H,23,24)(H,20,21,22). The minimum Gasteiger partial charge on any atom is -0.366 e. The summed E-state index contributed by atoms with van der Waals surface area (Å²) < 4.78 is 0. The molecule has 0 saturated heterocycles. The molecule has 0 saturated carbocycles. The van der Waals surface area contributed by atoms with Gasteiger partial charge in [-0.05, 0) is 24.6 Å². The molecule has 0 spiro atoms. The van der Waals surface area contributed by atoms with Crippen LogP contribution < -0.4 is 10.6 Å². The van der Waals surface area contributed by atoms with Crippen molar-refractivity contribution in [2.24, 2.45) is 0 Å². The fourth-order valence-electron chi connectivity index (χ4n) is 2.31. The Morgan fingerprint density at radius 3 is 2.62 bits per heavy atom. The van der Waals surface area contributed by atoms with Crippen molar-refractivity contribution in [2.75, 3.05) is 10.6 Å². The Morgan fingerprint density at radius 2 is 1.83 bits per heavy atom. The highest BCUT2D eigenvalue weighted by molar-refractivity contribution is 6.03. The van der Waals surface area contributed by atoms with Crippen LogP contribution in [0.15, 0.2) is 67.0 Å². The highest BCUT2D eigenvalue weighted by Crippen LogP contribution is 2.11. The zero-order valence-corrected chi connectivity index (χ0v) is 13.4. The quantitative estimate of drug-likeness (QED) is 0.753. The number of amides is 1. The summed E-state index contributed by atoms with van der Waals surface area (Å²) in [7, 11) is 0. The molecule has 0 atom stereocenters. The molecule has 5 nitrogen and oxygen atoms in total. The summed E-state index contributed by atoms with van der Waals surface area (Å²) in [4.78, 5) is 20.5. The van der Waals surface area contributed by atoms with Crippen LogP contribution in [-0.4, -0.2) is 15.9 Å². The van der Waals surface area contributed by atoms with E-state index in [1.165, 1.54) is 11.9 Å². The Kier molecular flexibility index (Phi) is 4.81. The molecule has 0 unspecified atom stereocenters.